The van der Waals surface area contributed by atoms with Gasteiger partial charge in [-0.15, -0.1) is 0 Å². The van der Waals surface area contributed by atoms with Crippen molar-refractivity contribution in [2.75, 3.05) is 0 Å². The number of aromatic hydroxyl groups is 1. The molecule has 0 fully saturated rings. The van der Waals surface area contributed by atoms with Gasteiger partial charge in [0.2, 0.25) is 0 Å². The van der Waals surface area contributed by atoms with Crippen LogP contribution in [0.15, 0.2) is 48.5 Å². The van der Waals surface area contributed by atoms with Crippen LogP contribution in [-0.2, 0) is 5.67 Å². The van der Waals surface area contributed by atoms with Crippen LogP contribution in [0.2, 0.25) is 0 Å². The molecule has 0 bridgehead atoms. The van der Waals surface area contributed by atoms with Gasteiger partial charge in [-0.1, -0.05) is 36.4 Å². The van der Waals surface area contributed by atoms with E-state index in [0.717, 1.165) is 6.07 Å². The summed E-state index contributed by atoms with van der Waals surface area (Å²) in [6.45, 7) is 0. The first kappa shape index (κ1) is 16.2. The number of hydrogen-bond acceptors (Lipinski definition) is 1. The Balaban J connectivity index is 2.63. The molecule has 1 N–H and O–H groups in total. The second-order valence-corrected chi connectivity index (χ2v) is 4.61. The van der Waals surface area contributed by atoms with E-state index in [9.17, 15) is 31.4 Å². The Morgan fingerprint density at radius 3 is 1.95 bits per heavy atom. The second kappa shape index (κ2) is 5.55. The van der Waals surface area contributed by atoms with E-state index in [4.69, 9.17) is 0 Å². The summed E-state index contributed by atoms with van der Waals surface area (Å²) in [7, 11) is 0. The van der Waals surface area contributed by atoms with Crippen LogP contribution in [0.4, 0.5) is 26.3 Å². The number of halogens is 6. The highest BCUT2D eigenvalue weighted by atomic mass is 19.4. The van der Waals surface area contributed by atoms with E-state index in [-0.39, 0.29) is 11.1 Å². The Morgan fingerprint density at radius 1 is 0.864 bits per heavy atom. The molecule has 0 saturated carbocycles. The van der Waals surface area contributed by atoms with Crippen LogP contribution >= 0.6 is 0 Å². The SMILES string of the molecule is Oc1ccc(C(F)(C(F)F)C(F)(F)F)cc1-c1ccccc1. The lowest BCUT2D eigenvalue weighted by atomic mass is 9.91. The molecule has 2 aromatic rings. The molecular weight excluding hydrogens is 310 g/mol. The standard InChI is InChI=1S/C15H10F6O/c16-13(17)14(18,15(19,20)21)10-6-7-12(22)11(8-10)9-4-2-1-3-5-9/h1-8,13,22H. The maximum Gasteiger partial charge on any atom is 0.432 e. The fourth-order valence-electron chi connectivity index (χ4n) is 2.02. The molecule has 7 heteroatoms. The lowest BCUT2D eigenvalue weighted by Gasteiger charge is -2.28. The largest absolute Gasteiger partial charge is 0.507 e. The van der Waals surface area contributed by atoms with Crippen LogP contribution in [0, 0.1) is 0 Å². The van der Waals surface area contributed by atoms with E-state index in [1.54, 1.807) is 18.2 Å². The normalized spacial score (nSPS) is 14.9. The molecule has 0 spiro atoms. The maximum atomic E-state index is 14.0. The third-order valence-corrected chi connectivity index (χ3v) is 3.21. The van der Waals surface area contributed by atoms with E-state index in [2.05, 4.69) is 0 Å². The zero-order chi connectivity index (χ0) is 16.5. The maximum absolute atomic E-state index is 14.0. The van der Waals surface area contributed by atoms with Gasteiger partial charge in [-0.25, -0.2) is 13.2 Å². The molecule has 0 amide bonds. The Bertz CT molecular complexity index is 653. The van der Waals surface area contributed by atoms with Gasteiger partial charge in [0, 0.05) is 11.1 Å². The molecule has 0 aliphatic rings. The van der Waals surface area contributed by atoms with E-state index in [0.29, 0.717) is 12.1 Å². The summed E-state index contributed by atoms with van der Waals surface area (Å²) in [6, 6.07) is 9.47. The molecule has 22 heavy (non-hydrogen) atoms. The number of alkyl halides is 6. The van der Waals surface area contributed by atoms with Crippen LogP contribution in [0.3, 0.4) is 0 Å². The molecule has 1 atom stereocenters. The highest BCUT2D eigenvalue weighted by Gasteiger charge is 2.64. The van der Waals surface area contributed by atoms with Gasteiger partial charge in [0.25, 0.3) is 12.1 Å². The molecule has 0 heterocycles. The monoisotopic (exact) mass is 320 g/mol. The highest BCUT2D eigenvalue weighted by Crippen LogP contribution is 2.48. The van der Waals surface area contributed by atoms with Crippen molar-refractivity contribution in [3.05, 3.63) is 54.1 Å². The Labute approximate surface area is 121 Å². The van der Waals surface area contributed by atoms with E-state index in [1.165, 1.54) is 12.1 Å². The van der Waals surface area contributed by atoms with Gasteiger partial charge >= 0.3 is 6.18 Å². The minimum absolute atomic E-state index is 0.162. The minimum Gasteiger partial charge on any atom is -0.507 e. The van der Waals surface area contributed by atoms with Crippen LogP contribution in [-0.4, -0.2) is 17.7 Å². The molecule has 0 aliphatic carbocycles. The number of phenols is 1. The third kappa shape index (κ3) is 2.63. The van der Waals surface area contributed by atoms with Gasteiger partial charge in [-0.2, -0.15) is 13.2 Å². The van der Waals surface area contributed by atoms with E-state index in [1.807, 2.05) is 0 Å². The fourth-order valence-corrected chi connectivity index (χ4v) is 2.02. The summed E-state index contributed by atoms with van der Waals surface area (Å²) in [5, 5.41) is 9.70. The van der Waals surface area contributed by atoms with Crippen molar-refractivity contribution in [1.82, 2.24) is 0 Å². The minimum atomic E-state index is -5.79. The predicted molar refractivity (Wildman–Crippen MR) is 68.4 cm³/mol. The van der Waals surface area contributed by atoms with Gasteiger partial charge in [0.05, 0.1) is 0 Å². The summed E-state index contributed by atoms with van der Waals surface area (Å²) >= 11 is 0. The fraction of sp³-hybridized carbons (Fsp3) is 0.200. The first-order chi connectivity index (χ1) is 10.2. The summed E-state index contributed by atoms with van der Waals surface area (Å²) in [5.74, 6) is -0.436. The molecule has 0 saturated heterocycles. The zero-order valence-corrected chi connectivity index (χ0v) is 10.9. The highest BCUT2D eigenvalue weighted by molar-refractivity contribution is 5.71. The van der Waals surface area contributed by atoms with Crippen molar-refractivity contribution in [1.29, 1.82) is 0 Å². The second-order valence-electron chi connectivity index (χ2n) is 4.61. The smallest absolute Gasteiger partial charge is 0.432 e. The molecule has 1 unspecified atom stereocenters. The van der Waals surface area contributed by atoms with Gasteiger partial charge < -0.3 is 5.11 Å². The first-order valence-corrected chi connectivity index (χ1v) is 6.10. The summed E-state index contributed by atoms with van der Waals surface area (Å²) in [4.78, 5) is 0. The van der Waals surface area contributed by atoms with Crippen molar-refractivity contribution in [2.45, 2.75) is 18.3 Å². The van der Waals surface area contributed by atoms with E-state index >= 15 is 0 Å². The predicted octanol–water partition coefficient (Wildman–Crippen LogP) is 5.05. The van der Waals surface area contributed by atoms with Crippen LogP contribution in [0.1, 0.15) is 5.56 Å². The van der Waals surface area contributed by atoms with E-state index < -0.39 is 29.6 Å². The van der Waals surface area contributed by atoms with Crippen LogP contribution in [0.5, 0.6) is 5.75 Å². The molecule has 2 rings (SSSR count). The lowest BCUT2D eigenvalue weighted by molar-refractivity contribution is -0.274. The average molecular weight is 320 g/mol. The Morgan fingerprint density at radius 2 is 1.45 bits per heavy atom. The first-order valence-electron chi connectivity index (χ1n) is 6.10. The van der Waals surface area contributed by atoms with Gasteiger partial charge in [-0.05, 0) is 17.7 Å². The van der Waals surface area contributed by atoms with Crippen LogP contribution in [0.25, 0.3) is 11.1 Å². The number of rotatable bonds is 3. The molecular formula is C15H10F6O. The average Bonchev–Trinajstić information content (AvgIpc) is 2.46. The summed E-state index contributed by atoms with van der Waals surface area (Å²) in [6.07, 6.45) is -10.1. The Kier molecular flexibility index (Phi) is 4.08. The molecule has 118 valence electrons. The molecule has 0 aromatic heterocycles. The summed E-state index contributed by atoms with van der Waals surface area (Å²) in [5.41, 5.74) is -5.94. The van der Waals surface area contributed by atoms with Gasteiger partial charge in [-0.3, -0.25) is 0 Å². The lowest BCUT2D eigenvalue weighted by Crippen LogP contribution is -2.44. The summed E-state index contributed by atoms with van der Waals surface area (Å²) < 4.78 is 77.8. The van der Waals surface area contributed by atoms with Crippen LogP contribution < -0.4 is 0 Å². The van der Waals surface area contributed by atoms with Gasteiger partial charge in [0.1, 0.15) is 5.75 Å². The number of phenolic OH excluding ortho intramolecular Hbond substituents is 1. The Hall–Kier alpha value is -2.18. The number of hydrogen-bond donors (Lipinski definition) is 1. The molecule has 0 radical (unpaired) electrons. The molecule has 1 nitrogen and oxygen atoms in total. The van der Waals surface area contributed by atoms with Crippen molar-refractivity contribution in [3.63, 3.8) is 0 Å². The van der Waals surface area contributed by atoms with Crippen molar-refractivity contribution in [3.8, 4) is 16.9 Å². The molecule has 0 aliphatic heterocycles. The topological polar surface area (TPSA) is 20.2 Å². The number of benzene rings is 2. The van der Waals surface area contributed by atoms with Crippen molar-refractivity contribution >= 4 is 0 Å². The van der Waals surface area contributed by atoms with Crippen molar-refractivity contribution < 1.29 is 31.4 Å². The molecule has 2 aromatic carbocycles. The zero-order valence-electron chi connectivity index (χ0n) is 10.9. The van der Waals surface area contributed by atoms with Crippen molar-refractivity contribution in [2.24, 2.45) is 0 Å². The quantitative estimate of drug-likeness (QED) is 0.785. The third-order valence-electron chi connectivity index (χ3n) is 3.21. The van der Waals surface area contributed by atoms with Gasteiger partial charge in [0.15, 0.2) is 0 Å².